The van der Waals surface area contributed by atoms with Gasteiger partial charge in [0.25, 0.3) is 11.5 Å². The maximum Gasteiger partial charge on any atom is 0.430 e. The van der Waals surface area contributed by atoms with Gasteiger partial charge in [0.05, 0.1) is 7.11 Å². The van der Waals surface area contributed by atoms with Crippen LogP contribution < -0.4 is 10.1 Å². The number of carbonyl (C=O) groups excluding carboxylic acids is 1. The van der Waals surface area contributed by atoms with Crippen molar-refractivity contribution < 1.29 is 27.8 Å². The van der Waals surface area contributed by atoms with Crippen LogP contribution in [-0.2, 0) is 16.9 Å². The SMILES string of the molecule is COc1ccccc1CNC(=O)C(O)(c1ccccc1)C(F)(F)F. The van der Waals surface area contributed by atoms with Gasteiger partial charge in [0.1, 0.15) is 5.75 Å². The molecule has 0 saturated carbocycles. The van der Waals surface area contributed by atoms with E-state index in [0.29, 0.717) is 11.3 Å². The molecule has 0 heterocycles. The Hall–Kier alpha value is -2.54. The Labute approximate surface area is 136 Å². The van der Waals surface area contributed by atoms with E-state index in [1.165, 1.54) is 25.3 Å². The van der Waals surface area contributed by atoms with Crippen molar-refractivity contribution in [2.45, 2.75) is 18.3 Å². The molecular formula is C17H16F3NO3. The number of amides is 1. The van der Waals surface area contributed by atoms with Crippen LogP contribution in [0.2, 0.25) is 0 Å². The predicted molar refractivity (Wildman–Crippen MR) is 81.2 cm³/mol. The fourth-order valence-electron chi connectivity index (χ4n) is 2.26. The number of nitrogens with one attached hydrogen (secondary N) is 1. The highest BCUT2D eigenvalue weighted by Crippen LogP contribution is 2.39. The molecule has 0 bridgehead atoms. The third kappa shape index (κ3) is 3.35. The van der Waals surface area contributed by atoms with E-state index in [1.807, 2.05) is 0 Å². The summed E-state index contributed by atoms with van der Waals surface area (Å²) in [5, 5.41) is 12.3. The molecule has 0 saturated heterocycles. The number of para-hydroxylation sites is 1. The predicted octanol–water partition coefficient (Wildman–Crippen LogP) is 2.76. The maximum atomic E-state index is 13.4. The molecule has 0 fully saturated rings. The summed E-state index contributed by atoms with van der Waals surface area (Å²) in [4.78, 5) is 12.2. The molecule has 2 aromatic rings. The van der Waals surface area contributed by atoms with Crippen LogP contribution in [0, 0.1) is 0 Å². The average Bonchev–Trinajstić information content (AvgIpc) is 2.58. The lowest BCUT2D eigenvalue weighted by Gasteiger charge is -2.29. The van der Waals surface area contributed by atoms with E-state index >= 15 is 0 Å². The van der Waals surface area contributed by atoms with Crippen molar-refractivity contribution in [1.29, 1.82) is 0 Å². The minimum atomic E-state index is -5.17. The lowest BCUT2D eigenvalue weighted by Crippen LogP contribution is -2.54. The molecule has 2 aromatic carbocycles. The van der Waals surface area contributed by atoms with Gasteiger partial charge in [-0.3, -0.25) is 4.79 Å². The number of carbonyl (C=O) groups is 1. The minimum absolute atomic E-state index is 0.214. The molecule has 0 aromatic heterocycles. The van der Waals surface area contributed by atoms with Crippen LogP contribution in [0.1, 0.15) is 11.1 Å². The van der Waals surface area contributed by atoms with Gasteiger partial charge in [0.15, 0.2) is 0 Å². The molecule has 0 aliphatic rings. The van der Waals surface area contributed by atoms with Gasteiger partial charge < -0.3 is 15.2 Å². The molecule has 2 N–H and O–H groups in total. The summed E-state index contributed by atoms with van der Waals surface area (Å²) in [6.45, 7) is -0.214. The van der Waals surface area contributed by atoms with E-state index in [2.05, 4.69) is 5.32 Å². The number of benzene rings is 2. The molecule has 7 heteroatoms. The van der Waals surface area contributed by atoms with Crippen LogP contribution in [0.25, 0.3) is 0 Å². The van der Waals surface area contributed by atoms with Crippen LogP contribution in [0.15, 0.2) is 54.6 Å². The molecule has 24 heavy (non-hydrogen) atoms. The molecule has 4 nitrogen and oxygen atoms in total. The van der Waals surface area contributed by atoms with Gasteiger partial charge in [-0.2, -0.15) is 13.2 Å². The van der Waals surface area contributed by atoms with Crippen LogP contribution in [0.5, 0.6) is 5.75 Å². The minimum Gasteiger partial charge on any atom is -0.496 e. The first-order valence-electron chi connectivity index (χ1n) is 7.05. The second-order valence-electron chi connectivity index (χ2n) is 5.07. The average molecular weight is 339 g/mol. The molecule has 0 spiro atoms. The molecule has 2 rings (SSSR count). The summed E-state index contributed by atoms with van der Waals surface area (Å²) in [6.07, 6.45) is -5.17. The van der Waals surface area contributed by atoms with E-state index in [0.717, 1.165) is 12.1 Å². The van der Waals surface area contributed by atoms with Gasteiger partial charge in [-0.05, 0) is 6.07 Å². The number of rotatable bonds is 5. The van der Waals surface area contributed by atoms with E-state index < -0.39 is 23.2 Å². The van der Waals surface area contributed by atoms with Gasteiger partial charge in [-0.15, -0.1) is 0 Å². The molecule has 0 aliphatic carbocycles. The van der Waals surface area contributed by atoms with E-state index in [-0.39, 0.29) is 6.54 Å². The summed E-state index contributed by atoms with van der Waals surface area (Å²) in [5.74, 6) is -1.12. The largest absolute Gasteiger partial charge is 0.496 e. The molecule has 1 atom stereocenters. The second kappa shape index (κ2) is 6.92. The maximum absolute atomic E-state index is 13.4. The molecule has 0 radical (unpaired) electrons. The fraction of sp³-hybridized carbons (Fsp3) is 0.235. The fourth-order valence-corrected chi connectivity index (χ4v) is 2.26. The van der Waals surface area contributed by atoms with Crippen molar-refractivity contribution in [1.82, 2.24) is 5.32 Å². The monoisotopic (exact) mass is 339 g/mol. The lowest BCUT2D eigenvalue weighted by atomic mass is 9.92. The summed E-state index contributed by atoms with van der Waals surface area (Å²) >= 11 is 0. The first kappa shape index (κ1) is 17.8. The zero-order chi connectivity index (χ0) is 17.8. The van der Waals surface area contributed by atoms with Gasteiger partial charge in [0, 0.05) is 17.7 Å². The van der Waals surface area contributed by atoms with Gasteiger partial charge >= 0.3 is 6.18 Å². The van der Waals surface area contributed by atoms with Crippen molar-refractivity contribution in [3.8, 4) is 5.75 Å². The number of ether oxygens (including phenoxy) is 1. The Morgan fingerprint density at radius 3 is 2.25 bits per heavy atom. The summed E-state index contributed by atoms with van der Waals surface area (Å²) in [5.41, 5.74) is -3.68. The molecule has 128 valence electrons. The number of halogens is 3. The number of methoxy groups -OCH3 is 1. The highest BCUT2D eigenvalue weighted by atomic mass is 19.4. The van der Waals surface area contributed by atoms with E-state index in [4.69, 9.17) is 4.74 Å². The zero-order valence-corrected chi connectivity index (χ0v) is 12.8. The van der Waals surface area contributed by atoms with Crippen LogP contribution in [0.3, 0.4) is 0 Å². The summed E-state index contributed by atoms with van der Waals surface area (Å²) < 4.78 is 45.2. The third-order valence-corrected chi connectivity index (χ3v) is 3.56. The molecule has 0 aliphatic heterocycles. The van der Waals surface area contributed by atoms with Crippen molar-refractivity contribution in [3.05, 3.63) is 65.7 Å². The Morgan fingerprint density at radius 1 is 1.08 bits per heavy atom. The van der Waals surface area contributed by atoms with Gasteiger partial charge in [-0.25, -0.2) is 0 Å². The number of alkyl halides is 3. The van der Waals surface area contributed by atoms with Crippen LogP contribution >= 0.6 is 0 Å². The topological polar surface area (TPSA) is 58.6 Å². The number of hydrogen-bond donors (Lipinski definition) is 2. The first-order chi connectivity index (χ1) is 11.3. The van der Waals surface area contributed by atoms with E-state index in [1.54, 1.807) is 24.3 Å². The quantitative estimate of drug-likeness (QED) is 0.881. The van der Waals surface area contributed by atoms with Crippen LogP contribution in [-0.4, -0.2) is 24.3 Å². The smallest absolute Gasteiger partial charge is 0.430 e. The standard InChI is InChI=1S/C17H16F3NO3/c1-24-14-10-6-5-7-12(14)11-21-15(22)16(23,17(18,19)20)13-8-3-2-4-9-13/h2-10,23H,11H2,1H3,(H,21,22). The van der Waals surface area contributed by atoms with Crippen molar-refractivity contribution in [3.63, 3.8) is 0 Å². The molecule has 1 unspecified atom stereocenters. The Kier molecular flexibility index (Phi) is 5.14. The molecular weight excluding hydrogens is 323 g/mol. The van der Waals surface area contributed by atoms with Crippen LogP contribution in [0.4, 0.5) is 13.2 Å². The normalized spacial score (nSPS) is 13.9. The Balaban J connectivity index is 2.27. The second-order valence-corrected chi connectivity index (χ2v) is 5.07. The Morgan fingerprint density at radius 2 is 1.67 bits per heavy atom. The highest BCUT2D eigenvalue weighted by Gasteiger charge is 2.60. The van der Waals surface area contributed by atoms with Crippen molar-refractivity contribution in [2.24, 2.45) is 0 Å². The zero-order valence-electron chi connectivity index (χ0n) is 12.8. The van der Waals surface area contributed by atoms with Gasteiger partial charge in [0.2, 0.25) is 0 Å². The van der Waals surface area contributed by atoms with Crippen molar-refractivity contribution >= 4 is 5.91 Å². The highest BCUT2D eigenvalue weighted by molar-refractivity contribution is 5.87. The summed E-state index contributed by atoms with van der Waals surface area (Å²) in [6, 6.07) is 12.8. The number of aliphatic hydroxyl groups is 1. The number of hydrogen-bond acceptors (Lipinski definition) is 3. The van der Waals surface area contributed by atoms with Gasteiger partial charge in [-0.1, -0.05) is 48.5 Å². The third-order valence-electron chi connectivity index (χ3n) is 3.56. The van der Waals surface area contributed by atoms with Crippen molar-refractivity contribution in [2.75, 3.05) is 7.11 Å². The van der Waals surface area contributed by atoms with E-state index in [9.17, 15) is 23.1 Å². The first-order valence-corrected chi connectivity index (χ1v) is 7.05. The lowest BCUT2D eigenvalue weighted by molar-refractivity contribution is -0.257. The summed E-state index contributed by atoms with van der Waals surface area (Å²) in [7, 11) is 1.41. The Bertz CT molecular complexity index is 704. The molecule has 1 amide bonds.